The third-order valence-corrected chi connectivity index (χ3v) is 6.02. The van der Waals surface area contributed by atoms with E-state index in [1.165, 1.54) is 32.4 Å². The van der Waals surface area contributed by atoms with E-state index in [9.17, 15) is 0 Å². The lowest BCUT2D eigenvalue weighted by molar-refractivity contribution is 0.205. The molecule has 1 fully saturated rings. The van der Waals surface area contributed by atoms with Crippen molar-refractivity contribution < 1.29 is 4.74 Å². The fourth-order valence-corrected chi connectivity index (χ4v) is 4.42. The van der Waals surface area contributed by atoms with Crippen LogP contribution in [0.4, 0.5) is 0 Å². The number of para-hydroxylation sites is 3. The summed E-state index contributed by atoms with van der Waals surface area (Å²) in [6, 6.07) is 27.1. The molecule has 31 heavy (non-hydrogen) atoms. The molecular weight excluding hydrogens is 382 g/mol. The molecule has 0 bridgehead atoms. The van der Waals surface area contributed by atoms with Gasteiger partial charge in [-0.05, 0) is 80.9 Å². The third kappa shape index (κ3) is 4.49. The molecule has 0 amide bonds. The van der Waals surface area contributed by atoms with Gasteiger partial charge in [-0.25, -0.2) is 4.98 Å². The minimum absolute atomic E-state index is 0.762. The molecule has 4 nitrogen and oxygen atoms in total. The van der Waals surface area contributed by atoms with E-state index >= 15 is 0 Å². The van der Waals surface area contributed by atoms with Gasteiger partial charge in [0.15, 0.2) is 0 Å². The number of nitrogens with zero attached hydrogens (tertiary/aromatic N) is 3. The fourth-order valence-electron chi connectivity index (χ4n) is 4.42. The van der Waals surface area contributed by atoms with Crippen molar-refractivity contribution in [2.24, 2.45) is 0 Å². The number of likely N-dealkylation sites (tertiary alicyclic amines) is 1. The number of piperidine rings is 1. The average molecular weight is 412 g/mol. The van der Waals surface area contributed by atoms with Crippen molar-refractivity contribution in [3.63, 3.8) is 0 Å². The van der Waals surface area contributed by atoms with E-state index in [2.05, 4.69) is 76.2 Å². The van der Waals surface area contributed by atoms with Gasteiger partial charge in [0.25, 0.3) is 0 Å². The molecule has 0 unspecified atom stereocenters. The van der Waals surface area contributed by atoms with Crippen LogP contribution in [0.2, 0.25) is 0 Å². The van der Waals surface area contributed by atoms with Crippen molar-refractivity contribution in [1.82, 2.24) is 14.5 Å². The molecule has 2 heterocycles. The number of hydrogen-bond acceptors (Lipinski definition) is 3. The molecular formula is C27H29N3O. The molecule has 1 aliphatic rings. The Hall–Kier alpha value is -3.11. The van der Waals surface area contributed by atoms with Gasteiger partial charge < -0.3 is 9.64 Å². The quantitative estimate of drug-likeness (QED) is 0.352. The molecule has 3 aromatic carbocycles. The topological polar surface area (TPSA) is 30.3 Å². The summed E-state index contributed by atoms with van der Waals surface area (Å²) in [6.07, 6.45) is 5.15. The zero-order valence-corrected chi connectivity index (χ0v) is 17.9. The van der Waals surface area contributed by atoms with Crippen LogP contribution in [0.15, 0.2) is 78.9 Å². The highest BCUT2D eigenvalue weighted by atomic mass is 16.5. The van der Waals surface area contributed by atoms with Gasteiger partial charge in [-0.2, -0.15) is 0 Å². The third-order valence-electron chi connectivity index (χ3n) is 6.02. The van der Waals surface area contributed by atoms with Crippen LogP contribution in [0.25, 0.3) is 28.1 Å². The summed E-state index contributed by atoms with van der Waals surface area (Å²) in [6.45, 7) is 4.39. The van der Waals surface area contributed by atoms with Crippen molar-refractivity contribution in [2.75, 3.05) is 26.2 Å². The van der Waals surface area contributed by atoms with E-state index < -0.39 is 0 Å². The van der Waals surface area contributed by atoms with Gasteiger partial charge in [0.05, 0.1) is 17.6 Å². The lowest BCUT2D eigenvalue weighted by Crippen LogP contribution is -2.31. The average Bonchev–Trinajstić information content (AvgIpc) is 3.23. The molecule has 0 aliphatic carbocycles. The molecule has 0 radical (unpaired) electrons. The van der Waals surface area contributed by atoms with Gasteiger partial charge in [-0.15, -0.1) is 0 Å². The van der Waals surface area contributed by atoms with Gasteiger partial charge in [0, 0.05) is 17.8 Å². The minimum atomic E-state index is 0.762. The summed E-state index contributed by atoms with van der Waals surface area (Å²) in [5.41, 5.74) is 4.31. The van der Waals surface area contributed by atoms with Crippen molar-refractivity contribution >= 4 is 11.0 Å². The second-order valence-electron chi connectivity index (χ2n) is 8.22. The first-order valence-electron chi connectivity index (χ1n) is 11.4. The Kier molecular flexibility index (Phi) is 5.99. The summed E-state index contributed by atoms with van der Waals surface area (Å²) < 4.78 is 8.23. The number of imidazole rings is 1. The molecule has 5 rings (SSSR count). The monoisotopic (exact) mass is 411 g/mol. The minimum Gasteiger partial charge on any atom is -0.494 e. The van der Waals surface area contributed by atoms with Crippen LogP contribution >= 0.6 is 0 Å². The lowest BCUT2D eigenvalue weighted by atomic mass is 10.1. The van der Waals surface area contributed by atoms with Crippen LogP contribution in [0.1, 0.15) is 25.7 Å². The van der Waals surface area contributed by atoms with E-state index in [0.717, 1.165) is 53.4 Å². The Morgan fingerprint density at radius 2 is 1.52 bits per heavy atom. The zero-order valence-electron chi connectivity index (χ0n) is 17.9. The predicted octanol–water partition coefficient (Wildman–Crippen LogP) is 5.95. The highest BCUT2D eigenvalue weighted by molar-refractivity contribution is 5.83. The van der Waals surface area contributed by atoms with Crippen molar-refractivity contribution in [3.05, 3.63) is 78.9 Å². The Bertz CT molecular complexity index is 1110. The van der Waals surface area contributed by atoms with E-state index in [-0.39, 0.29) is 0 Å². The van der Waals surface area contributed by atoms with Gasteiger partial charge in [-0.1, -0.05) is 36.8 Å². The number of ether oxygens (including phenoxy) is 1. The van der Waals surface area contributed by atoms with Crippen LogP contribution in [0.5, 0.6) is 5.75 Å². The first kappa shape index (κ1) is 19.8. The molecule has 158 valence electrons. The predicted molar refractivity (Wildman–Crippen MR) is 127 cm³/mol. The second kappa shape index (κ2) is 9.36. The Labute approximate surface area is 184 Å². The number of rotatable bonds is 7. The molecule has 1 aliphatic heterocycles. The van der Waals surface area contributed by atoms with E-state index in [4.69, 9.17) is 9.72 Å². The summed E-state index contributed by atoms with van der Waals surface area (Å²) >= 11 is 0. The summed E-state index contributed by atoms with van der Waals surface area (Å²) in [5.74, 6) is 1.87. The number of benzene rings is 3. The van der Waals surface area contributed by atoms with Crippen LogP contribution in [0.3, 0.4) is 0 Å². The molecule has 1 aromatic heterocycles. The van der Waals surface area contributed by atoms with Gasteiger partial charge in [-0.3, -0.25) is 4.57 Å². The fraction of sp³-hybridized carbons (Fsp3) is 0.296. The summed E-state index contributed by atoms with van der Waals surface area (Å²) in [7, 11) is 0. The zero-order chi connectivity index (χ0) is 20.9. The Balaban J connectivity index is 1.32. The van der Waals surface area contributed by atoms with Crippen LogP contribution < -0.4 is 4.74 Å². The number of aromatic nitrogens is 2. The maximum atomic E-state index is 6.01. The molecule has 0 N–H and O–H groups in total. The largest absolute Gasteiger partial charge is 0.494 e. The van der Waals surface area contributed by atoms with Gasteiger partial charge in [0.2, 0.25) is 0 Å². The van der Waals surface area contributed by atoms with Crippen LogP contribution in [0, 0.1) is 0 Å². The molecule has 4 aromatic rings. The first-order valence-corrected chi connectivity index (χ1v) is 11.4. The second-order valence-corrected chi connectivity index (χ2v) is 8.22. The molecule has 0 saturated carbocycles. The first-order chi connectivity index (χ1) is 15.4. The van der Waals surface area contributed by atoms with Gasteiger partial charge in [0.1, 0.15) is 11.6 Å². The number of fused-ring (bicyclic) bond motifs is 1. The standard InChI is InChI=1S/C27H29N3O/c1-3-10-23(11-4-1)30-26-13-6-5-12-25(26)28-27(30)22-14-16-24(17-15-22)31-21-9-20-29-18-7-2-8-19-29/h1,3-6,10-17H,2,7-9,18-21H2. The van der Waals surface area contributed by atoms with E-state index in [1.54, 1.807) is 0 Å². The van der Waals surface area contributed by atoms with Crippen molar-refractivity contribution in [3.8, 4) is 22.8 Å². The lowest BCUT2D eigenvalue weighted by Gasteiger charge is -2.26. The maximum Gasteiger partial charge on any atom is 0.145 e. The SMILES string of the molecule is c1ccc(-n2c(-c3ccc(OCCCN4CCCCC4)cc3)nc3ccccc32)cc1. The normalized spacial score (nSPS) is 14.7. The smallest absolute Gasteiger partial charge is 0.145 e. The molecule has 0 spiro atoms. The molecule has 0 atom stereocenters. The van der Waals surface area contributed by atoms with Crippen LogP contribution in [-0.2, 0) is 0 Å². The van der Waals surface area contributed by atoms with Crippen molar-refractivity contribution in [1.29, 1.82) is 0 Å². The van der Waals surface area contributed by atoms with Crippen molar-refractivity contribution in [2.45, 2.75) is 25.7 Å². The maximum absolute atomic E-state index is 6.01. The van der Waals surface area contributed by atoms with Crippen LogP contribution in [-0.4, -0.2) is 40.7 Å². The summed E-state index contributed by atoms with van der Waals surface area (Å²) in [5, 5.41) is 0. The Morgan fingerprint density at radius 3 is 2.32 bits per heavy atom. The van der Waals surface area contributed by atoms with Gasteiger partial charge >= 0.3 is 0 Å². The number of hydrogen-bond donors (Lipinski definition) is 0. The highest BCUT2D eigenvalue weighted by Crippen LogP contribution is 2.29. The Morgan fingerprint density at radius 1 is 0.774 bits per heavy atom. The van der Waals surface area contributed by atoms with E-state index in [0.29, 0.717) is 0 Å². The summed E-state index contributed by atoms with van der Waals surface area (Å²) in [4.78, 5) is 7.49. The highest BCUT2D eigenvalue weighted by Gasteiger charge is 2.14. The molecule has 4 heteroatoms. The van der Waals surface area contributed by atoms with E-state index in [1.807, 2.05) is 12.1 Å². The molecule has 1 saturated heterocycles.